The van der Waals surface area contributed by atoms with Gasteiger partial charge in [-0.15, -0.1) is 0 Å². The van der Waals surface area contributed by atoms with E-state index < -0.39 is 0 Å². The van der Waals surface area contributed by atoms with Gasteiger partial charge in [0, 0.05) is 6.42 Å². The molecule has 0 spiro atoms. The minimum absolute atomic E-state index is 0.390. The van der Waals surface area contributed by atoms with E-state index in [-0.39, 0.29) is 0 Å². The van der Waals surface area contributed by atoms with Gasteiger partial charge in [-0.2, -0.15) is 0 Å². The molecule has 2 rings (SSSR count). The number of hydrogen-bond donors (Lipinski definition) is 0. The lowest BCUT2D eigenvalue weighted by atomic mass is 9.83. The van der Waals surface area contributed by atoms with Crippen molar-refractivity contribution in [1.29, 1.82) is 0 Å². The second kappa shape index (κ2) is 4.11. The topological polar surface area (TPSA) is 17.1 Å². The number of hydrogen-bond acceptors (Lipinski definition) is 1. The molecule has 1 fully saturated rings. The molecule has 0 aromatic carbocycles. The summed E-state index contributed by atoms with van der Waals surface area (Å²) in [6, 6.07) is 0. The third-order valence-electron chi connectivity index (χ3n) is 3.25. The molecule has 1 saturated carbocycles. The van der Waals surface area contributed by atoms with Gasteiger partial charge in [-0.05, 0) is 53.3 Å². The van der Waals surface area contributed by atoms with Gasteiger partial charge in [0.2, 0.25) is 0 Å². The second-order valence-electron chi connectivity index (χ2n) is 4.10. The van der Waals surface area contributed by atoms with E-state index in [1.807, 2.05) is 0 Å². The van der Waals surface area contributed by atoms with Crippen LogP contribution in [-0.4, -0.2) is 5.78 Å². The molecule has 2 aliphatic rings. The smallest absolute Gasteiger partial charge is 0.169 e. The predicted molar refractivity (Wildman–Crippen MR) is 61.9 cm³/mol. The fourth-order valence-corrected chi connectivity index (χ4v) is 3.46. The van der Waals surface area contributed by atoms with Crippen LogP contribution in [-0.2, 0) is 4.79 Å². The van der Waals surface area contributed by atoms with Crippen molar-refractivity contribution in [2.45, 2.75) is 44.9 Å². The number of carbonyl (C=O) groups is 1. The first-order valence-electron chi connectivity index (χ1n) is 5.21. The summed E-state index contributed by atoms with van der Waals surface area (Å²) in [6.45, 7) is 0. The van der Waals surface area contributed by atoms with Crippen molar-refractivity contribution in [3.8, 4) is 0 Å². The molecule has 1 nitrogen and oxygen atoms in total. The summed E-state index contributed by atoms with van der Waals surface area (Å²) < 4.78 is 1.07. The van der Waals surface area contributed by atoms with Crippen LogP contribution in [0.5, 0.6) is 0 Å². The highest BCUT2D eigenvalue weighted by Crippen LogP contribution is 2.39. The summed E-state index contributed by atoms with van der Waals surface area (Å²) >= 11 is 2.25. The number of carbonyl (C=O) groups excluding carboxylic acids is 1. The van der Waals surface area contributed by atoms with Gasteiger partial charge < -0.3 is 0 Å². The lowest BCUT2D eigenvalue weighted by Gasteiger charge is -2.23. The van der Waals surface area contributed by atoms with E-state index in [0.29, 0.717) is 5.78 Å². The SMILES string of the molecule is O=C1CCC(C2CCCCC2)=C1I. The van der Waals surface area contributed by atoms with Crippen LogP contribution in [0.1, 0.15) is 44.9 Å². The molecule has 72 valence electrons. The van der Waals surface area contributed by atoms with Crippen LogP contribution in [0.2, 0.25) is 0 Å². The van der Waals surface area contributed by atoms with Gasteiger partial charge in [-0.3, -0.25) is 4.79 Å². The Morgan fingerprint density at radius 3 is 2.31 bits per heavy atom. The lowest BCUT2D eigenvalue weighted by Crippen LogP contribution is -2.08. The zero-order valence-electron chi connectivity index (χ0n) is 7.81. The first-order valence-corrected chi connectivity index (χ1v) is 6.28. The molecule has 0 saturated heterocycles. The molecule has 0 bridgehead atoms. The second-order valence-corrected chi connectivity index (χ2v) is 5.18. The molecule has 0 radical (unpaired) electrons. The van der Waals surface area contributed by atoms with Crippen LogP contribution in [0.3, 0.4) is 0 Å². The summed E-state index contributed by atoms with van der Waals surface area (Å²) in [4.78, 5) is 11.4. The fraction of sp³-hybridized carbons (Fsp3) is 0.727. The van der Waals surface area contributed by atoms with Gasteiger partial charge in [-0.25, -0.2) is 0 Å². The van der Waals surface area contributed by atoms with Crippen LogP contribution in [0.4, 0.5) is 0 Å². The number of rotatable bonds is 1. The van der Waals surface area contributed by atoms with E-state index in [9.17, 15) is 4.79 Å². The Kier molecular flexibility index (Phi) is 3.06. The van der Waals surface area contributed by atoms with Gasteiger partial charge in [-0.1, -0.05) is 19.3 Å². The molecular formula is C11H15IO. The molecule has 0 aromatic rings. The molecule has 0 aromatic heterocycles. The molecule has 0 atom stereocenters. The van der Waals surface area contributed by atoms with E-state index in [4.69, 9.17) is 0 Å². The van der Waals surface area contributed by atoms with Crippen molar-refractivity contribution < 1.29 is 4.79 Å². The van der Waals surface area contributed by atoms with E-state index >= 15 is 0 Å². The Hall–Kier alpha value is 0.140. The lowest BCUT2D eigenvalue weighted by molar-refractivity contribution is -0.114. The standard InChI is InChI=1S/C11H15IO/c12-11-9(6-7-10(11)13)8-4-2-1-3-5-8/h8H,1-7H2. The molecular weight excluding hydrogens is 275 g/mol. The van der Waals surface area contributed by atoms with Gasteiger partial charge in [0.1, 0.15) is 0 Å². The van der Waals surface area contributed by atoms with Crippen LogP contribution in [0.15, 0.2) is 9.15 Å². The van der Waals surface area contributed by atoms with Gasteiger partial charge >= 0.3 is 0 Å². The summed E-state index contributed by atoms with van der Waals surface area (Å²) in [5.41, 5.74) is 1.49. The van der Waals surface area contributed by atoms with Crippen molar-refractivity contribution in [1.82, 2.24) is 0 Å². The first-order chi connectivity index (χ1) is 6.29. The minimum atomic E-state index is 0.390. The molecule has 13 heavy (non-hydrogen) atoms. The molecule has 0 heterocycles. The van der Waals surface area contributed by atoms with E-state index in [0.717, 1.165) is 22.3 Å². The summed E-state index contributed by atoms with van der Waals surface area (Å²) in [7, 11) is 0. The Morgan fingerprint density at radius 1 is 1.08 bits per heavy atom. The number of ketones is 1. The van der Waals surface area contributed by atoms with Crippen LogP contribution in [0, 0.1) is 5.92 Å². The van der Waals surface area contributed by atoms with Crippen molar-refractivity contribution in [2.75, 3.05) is 0 Å². The monoisotopic (exact) mass is 290 g/mol. The van der Waals surface area contributed by atoms with Crippen molar-refractivity contribution >= 4 is 28.4 Å². The van der Waals surface area contributed by atoms with Crippen molar-refractivity contribution in [3.05, 3.63) is 9.15 Å². The molecule has 2 aliphatic carbocycles. The minimum Gasteiger partial charge on any atom is -0.294 e. The number of allylic oxidation sites excluding steroid dienone is 2. The molecule has 2 heteroatoms. The van der Waals surface area contributed by atoms with Gasteiger partial charge in [0.15, 0.2) is 5.78 Å². The highest BCUT2D eigenvalue weighted by Gasteiger charge is 2.27. The zero-order chi connectivity index (χ0) is 9.26. The summed E-state index contributed by atoms with van der Waals surface area (Å²) in [6.07, 6.45) is 8.63. The average Bonchev–Trinajstić information content (AvgIpc) is 2.49. The fourth-order valence-electron chi connectivity index (χ4n) is 2.48. The van der Waals surface area contributed by atoms with Crippen molar-refractivity contribution in [2.24, 2.45) is 5.92 Å². The van der Waals surface area contributed by atoms with Crippen LogP contribution in [0.25, 0.3) is 0 Å². The Labute approximate surface area is 93.1 Å². The quantitative estimate of drug-likeness (QED) is 0.674. The molecule has 0 aliphatic heterocycles. The number of Topliss-reactive ketones (excluding diaryl/α,β-unsaturated/α-hetero) is 1. The van der Waals surface area contributed by atoms with Crippen molar-refractivity contribution in [3.63, 3.8) is 0 Å². The van der Waals surface area contributed by atoms with Crippen LogP contribution >= 0.6 is 22.6 Å². The number of halogens is 1. The Balaban J connectivity index is 2.11. The molecule has 0 N–H and O–H groups in total. The highest BCUT2D eigenvalue weighted by molar-refractivity contribution is 14.1. The maximum atomic E-state index is 11.4. The van der Waals surface area contributed by atoms with E-state index in [1.165, 1.54) is 37.7 Å². The molecule has 0 amide bonds. The average molecular weight is 290 g/mol. The third kappa shape index (κ3) is 1.97. The summed E-state index contributed by atoms with van der Waals surface area (Å²) in [5, 5.41) is 0. The normalized spacial score (nSPS) is 25.8. The van der Waals surface area contributed by atoms with Crippen LogP contribution < -0.4 is 0 Å². The maximum Gasteiger partial charge on any atom is 0.169 e. The Bertz CT molecular complexity index is 249. The van der Waals surface area contributed by atoms with E-state index in [1.54, 1.807) is 0 Å². The van der Waals surface area contributed by atoms with Gasteiger partial charge in [0.05, 0.1) is 3.58 Å². The highest BCUT2D eigenvalue weighted by atomic mass is 127. The molecule has 0 unspecified atom stereocenters. The maximum absolute atomic E-state index is 11.4. The zero-order valence-corrected chi connectivity index (χ0v) is 9.97. The third-order valence-corrected chi connectivity index (χ3v) is 4.54. The largest absolute Gasteiger partial charge is 0.294 e. The van der Waals surface area contributed by atoms with Gasteiger partial charge in [0.25, 0.3) is 0 Å². The Morgan fingerprint density at radius 2 is 1.77 bits per heavy atom. The first kappa shape index (κ1) is 9.69. The predicted octanol–water partition coefficient (Wildman–Crippen LogP) is 3.62. The summed E-state index contributed by atoms with van der Waals surface area (Å²) in [5.74, 6) is 1.15. The van der Waals surface area contributed by atoms with E-state index in [2.05, 4.69) is 22.6 Å².